The molecule has 0 aromatic heterocycles. The molecular formula is C7H12O6Si. The van der Waals surface area contributed by atoms with E-state index >= 15 is 0 Å². The second-order valence-corrected chi connectivity index (χ2v) is 6.79. The predicted molar refractivity (Wildman–Crippen MR) is 45.3 cm³/mol. The average molecular weight is 220 g/mol. The number of hydrogen-bond donors (Lipinski definition) is 2. The fourth-order valence-corrected chi connectivity index (χ4v) is 4.28. The van der Waals surface area contributed by atoms with Crippen molar-refractivity contribution >= 4 is 14.8 Å². The third kappa shape index (κ3) is 1.21. The molecule has 2 aliphatic rings. The Morgan fingerprint density at radius 1 is 1.36 bits per heavy atom. The van der Waals surface area contributed by atoms with Crippen LogP contribution in [0.1, 0.15) is 13.8 Å². The van der Waals surface area contributed by atoms with Gasteiger partial charge in [-0.3, -0.25) is 0 Å². The SMILES string of the molecule is CC(C)[Si]12OC(O)C(O1)C(C(=O)O)O2. The molecule has 2 saturated heterocycles. The van der Waals surface area contributed by atoms with Gasteiger partial charge in [-0.1, -0.05) is 13.8 Å². The van der Waals surface area contributed by atoms with Crippen LogP contribution in [0.15, 0.2) is 0 Å². The summed E-state index contributed by atoms with van der Waals surface area (Å²) in [4.78, 5) is 10.8. The van der Waals surface area contributed by atoms with Crippen LogP contribution in [0.4, 0.5) is 0 Å². The van der Waals surface area contributed by atoms with Gasteiger partial charge in [0, 0.05) is 5.54 Å². The summed E-state index contributed by atoms with van der Waals surface area (Å²) in [6, 6.07) is 0. The van der Waals surface area contributed by atoms with Crippen LogP contribution in [0.3, 0.4) is 0 Å². The molecule has 2 heterocycles. The largest absolute Gasteiger partial charge is 0.507 e. The number of aliphatic hydroxyl groups excluding tert-OH is 1. The summed E-state index contributed by atoms with van der Waals surface area (Å²) in [6.07, 6.45) is -3.13. The molecule has 14 heavy (non-hydrogen) atoms. The summed E-state index contributed by atoms with van der Waals surface area (Å²) in [5, 5.41) is 18.2. The third-order valence-electron chi connectivity index (χ3n) is 2.41. The van der Waals surface area contributed by atoms with Gasteiger partial charge in [0.05, 0.1) is 0 Å². The highest BCUT2D eigenvalue weighted by molar-refractivity contribution is 6.63. The average Bonchev–Trinajstić information content (AvgIpc) is 2.58. The molecule has 0 aromatic rings. The summed E-state index contributed by atoms with van der Waals surface area (Å²) < 4.78 is 15.8. The molecule has 0 aliphatic carbocycles. The summed E-state index contributed by atoms with van der Waals surface area (Å²) in [7, 11) is -2.93. The smallest absolute Gasteiger partial charge is 0.479 e. The van der Waals surface area contributed by atoms with E-state index in [1.54, 1.807) is 0 Å². The highest BCUT2D eigenvalue weighted by atomic mass is 28.4. The number of carboxylic acids is 1. The van der Waals surface area contributed by atoms with Crippen molar-refractivity contribution in [3.63, 3.8) is 0 Å². The number of hydrogen-bond acceptors (Lipinski definition) is 5. The molecule has 2 aliphatic heterocycles. The van der Waals surface area contributed by atoms with Crippen molar-refractivity contribution in [1.29, 1.82) is 0 Å². The summed E-state index contributed by atoms with van der Waals surface area (Å²) in [6.45, 7) is 3.65. The van der Waals surface area contributed by atoms with Crippen molar-refractivity contribution in [2.75, 3.05) is 0 Å². The van der Waals surface area contributed by atoms with Crippen LogP contribution in [-0.2, 0) is 18.1 Å². The second kappa shape index (κ2) is 3.01. The van der Waals surface area contributed by atoms with Crippen molar-refractivity contribution < 1.29 is 28.3 Å². The van der Waals surface area contributed by atoms with Crippen LogP contribution >= 0.6 is 0 Å². The van der Waals surface area contributed by atoms with E-state index in [-0.39, 0.29) is 5.54 Å². The summed E-state index contributed by atoms with van der Waals surface area (Å²) in [5.41, 5.74) is -0.0495. The van der Waals surface area contributed by atoms with Crippen LogP contribution in [-0.4, -0.2) is 43.5 Å². The minimum Gasteiger partial charge on any atom is -0.479 e. The topological polar surface area (TPSA) is 85.2 Å². The van der Waals surface area contributed by atoms with Gasteiger partial charge in [0.25, 0.3) is 0 Å². The maximum Gasteiger partial charge on any atom is 0.507 e. The standard InChI is InChI=1S/C7H12O6Si/c1-3(2)14-11-4(6(8)9)5(12-14)7(10)13-14/h3-5,7,10H,1-2H3,(H,8,9). The molecule has 2 bridgehead atoms. The molecule has 0 radical (unpaired) electrons. The van der Waals surface area contributed by atoms with E-state index in [0.717, 1.165) is 0 Å². The van der Waals surface area contributed by atoms with Crippen molar-refractivity contribution in [1.82, 2.24) is 0 Å². The van der Waals surface area contributed by atoms with Gasteiger partial charge in [0.15, 0.2) is 12.4 Å². The summed E-state index contributed by atoms with van der Waals surface area (Å²) in [5.74, 6) is -1.12. The molecule has 0 aromatic carbocycles. The fraction of sp³-hybridized carbons (Fsp3) is 0.857. The Balaban J connectivity index is 2.23. The zero-order chi connectivity index (χ0) is 10.5. The lowest BCUT2D eigenvalue weighted by Gasteiger charge is -2.27. The Labute approximate surface area is 81.8 Å². The van der Waals surface area contributed by atoms with Gasteiger partial charge < -0.3 is 23.5 Å². The fourth-order valence-electron chi connectivity index (χ4n) is 1.62. The molecule has 2 N–H and O–H groups in total. The number of carboxylic acid groups (broad SMARTS) is 1. The number of fused-ring (bicyclic) bond motifs is 2. The molecular weight excluding hydrogens is 208 g/mol. The maximum atomic E-state index is 10.8. The maximum absolute atomic E-state index is 10.8. The zero-order valence-corrected chi connectivity index (χ0v) is 8.84. The third-order valence-corrected chi connectivity index (χ3v) is 5.57. The normalized spacial score (nSPS) is 46.1. The molecule has 80 valence electrons. The zero-order valence-electron chi connectivity index (χ0n) is 7.84. The van der Waals surface area contributed by atoms with E-state index in [2.05, 4.69) is 0 Å². The number of aliphatic hydroxyl groups is 1. The lowest BCUT2D eigenvalue weighted by Crippen LogP contribution is -2.50. The first-order valence-electron chi connectivity index (χ1n) is 4.40. The number of rotatable bonds is 2. The van der Waals surface area contributed by atoms with Gasteiger partial charge in [-0.05, 0) is 0 Å². The van der Waals surface area contributed by atoms with E-state index < -0.39 is 33.3 Å². The van der Waals surface area contributed by atoms with E-state index in [0.29, 0.717) is 0 Å². The van der Waals surface area contributed by atoms with E-state index in [9.17, 15) is 9.90 Å². The highest BCUT2D eigenvalue weighted by Gasteiger charge is 2.67. The Hall–Kier alpha value is -0.473. The van der Waals surface area contributed by atoms with Gasteiger partial charge in [-0.25, -0.2) is 4.79 Å². The Morgan fingerprint density at radius 2 is 2.00 bits per heavy atom. The van der Waals surface area contributed by atoms with Crippen LogP contribution in [0, 0.1) is 0 Å². The van der Waals surface area contributed by atoms with Gasteiger partial charge in [0.2, 0.25) is 0 Å². The Bertz CT molecular complexity index is 269. The predicted octanol–water partition coefficient (Wildman–Crippen LogP) is -0.448. The summed E-state index contributed by atoms with van der Waals surface area (Å²) >= 11 is 0. The monoisotopic (exact) mass is 220 g/mol. The van der Waals surface area contributed by atoms with Gasteiger partial charge in [0.1, 0.15) is 6.10 Å². The first-order valence-corrected chi connectivity index (χ1v) is 6.21. The molecule has 2 rings (SSSR count). The Kier molecular flexibility index (Phi) is 2.16. The molecule has 0 amide bonds. The van der Waals surface area contributed by atoms with E-state index in [4.69, 9.17) is 18.4 Å². The quantitative estimate of drug-likeness (QED) is 0.613. The Morgan fingerprint density at radius 3 is 2.36 bits per heavy atom. The van der Waals surface area contributed by atoms with Crippen molar-refractivity contribution in [2.45, 2.75) is 37.9 Å². The van der Waals surface area contributed by atoms with Crippen molar-refractivity contribution in [3.05, 3.63) is 0 Å². The minimum atomic E-state index is -2.93. The number of aliphatic carboxylic acids is 1. The lowest BCUT2D eigenvalue weighted by molar-refractivity contribution is -0.159. The van der Waals surface area contributed by atoms with Crippen molar-refractivity contribution in [3.8, 4) is 0 Å². The van der Waals surface area contributed by atoms with Crippen LogP contribution in [0.5, 0.6) is 0 Å². The highest BCUT2D eigenvalue weighted by Crippen LogP contribution is 2.42. The molecule has 4 unspecified atom stereocenters. The van der Waals surface area contributed by atoms with Crippen LogP contribution in [0.2, 0.25) is 5.54 Å². The first kappa shape index (κ1) is 10.1. The van der Waals surface area contributed by atoms with Crippen molar-refractivity contribution in [2.24, 2.45) is 0 Å². The molecule has 6 nitrogen and oxygen atoms in total. The molecule has 0 saturated carbocycles. The number of carbonyl (C=O) groups is 1. The van der Waals surface area contributed by atoms with Gasteiger partial charge in [-0.15, -0.1) is 0 Å². The molecule has 7 heteroatoms. The van der Waals surface area contributed by atoms with Gasteiger partial charge >= 0.3 is 14.8 Å². The molecule has 2 fully saturated rings. The van der Waals surface area contributed by atoms with E-state index in [1.807, 2.05) is 13.8 Å². The minimum absolute atomic E-state index is 0.0495. The first-order chi connectivity index (χ1) is 6.46. The van der Waals surface area contributed by atoms with E-state index in [1.165, 1.54) is 0 Å². The molecule has 4 atom stereocenters. The van der Waals surface area contributed by atoms with Crippen LogP contribution in [0.25, 0.3) is 0 Å². The molecule has 0 spiro atoms. The van der Waals surface area contributed by atoms with Crippen LogP contribution < -0.4 is 0 Å². The lowest BCUT2D eigenvalue weighted by atomic mass is 10.2. The van der Waals surface area contributed by atoms with Gasteiger partial charge in [-0.2, -0.15) is 0 Å². The second-order valence-electron chi connectivity index (χ2n) is 3.73.